The van der Waals surface area contributed by atoms with Gasteiger partial charge in [0, 0.05) is 7.05 Å². The Morgan fingerprint density at radius 2 is 1.65 bits per heavy atom. The SMILES string of the molecule is CCOC(=O)N(C)CCOc1ccc(Cc2ccccc2)cc1. The Bertz CT molecular complexity index is 596. The fraction of sp³-hybridized carbons (Fsp3) is 0.316. The number of rotatable bonds is 7. The van der Waals surface area contributed by atoms with Crippen molar-refractivity contribution in [1.29, 1.82) is 0 Å². The van der Waals surface area contributed by atoms with E-state index in [0.29, 0.717) is 19.8 Å². The van der Waals surface area contributed by atoms with Crippen molar-refractivity contribution in [1.82, 2.24) is 4.90 Å². The second-order valence-electron chi connectivity index (χ2n) is 5.28. The van der Waals surface area contributed by atoms with Gasteiger partial charge in [0.2, 0.25) is 0 Å². The predicted molar refractivity (Wildman–Crippen MR) is 90.8 cm³/mol. The number of carbonyl (C=O) groups excluding carboxylic acids is 1. The van der Waals surface area contributed by atoms with Gasteiger partial charge in [-0.05, 0) is 36.6 Å². The molecule has 0 atom stereocenters. The third-order valence-electron chi connectivity index (χ3n) is 3.45. The molecule has 4 heteroatoms. The van der Waals surface area contributed by atoms with Gasteiger partial charge in [-0.1, -0.05) is 42.5 Å². The summed E-state index contributed by atoms with van der Waals surface area (Å²) < 4.78 is 10.6. The molecule has 2 aromatic carbocycles. The topological polar surface area (TPSA) is 38.8 Å². The number of ether oxygens (including phenoxy) is 2. The normalized spacial score (nSPS) is 10.2. The van der Waals surface area contributed by atoms with Crippen molar-refractivity contribution in [3.8, 4) is 5.75 Å². The Labute approximate surface area is 137 Å². The molecule has 0 aromatic heterocycles. The van der Waals surface area contributed by atoms with Crippen molar-refractivity contribution in [2.75, 3.05) is 26.8 Å². The summed E-state index contributed by atoms with van der Waals surface area (Å²) in [6.45, 7) is 3.10. The van der Waals surface area contributed by atoms with Gasteiger partial charge in [0.05, 0.1) is 13.2 Å². The third kappa shape index (κ3) is 5.66. The molecule has 122 valence electrons. The average molecular weight is 313 g/mol. The number of carbonyl (C=O) groups is 1. The van der Waals surface area contributed by atoms with E-state index in [9.17, 15) is 4.79 Å². The molecule has 0 heterocycles. The van der Waals surface area contributed by atoms with Crippen LogP contribution in [-0.4, -0.2) is 37.8 Å². The summed E-state index contributed by atoms with van der Waals surface area (Å²) in [4.78, 5) is 13.0. The van der Waals surface area contributed by atoms with E-state index in [4.69, 9.17) is 9.47 Å². The van der Waals surface area contributed by atoms with Gasteiger partial charge in [-0.2, -0.15) is 0 Å². The molecule has 23 heavy (non-hydrogen) atoms. The smallest absolute Gasteiger partial charge is 0.409 e. The summed E-state index contributed by atoms with van der Waals surface area (Å²) in [6.07, 6.45) is 0.585. The van der Waals surface area contributed by atoms with Crippen molar-refractivity contribution in [3.63, 3.8) is 0 Å². The summed E-state index contributed by atoms with van der Waals surface area (Å²) in [6, 6.07) is 18.4. The van der Waals surface area contributed by atoms with Crippen molar-refractivity contribution in [2.45, 2.75) is 13.3 Å². The lowest BCUT2D eigenvalue weighted by atomic mass is 10.1. The first-order valence-corrected chi connectivity index (χ1v) is 7.82. The van der Waals surface area contributed by atoms with E-state index in [0.717, 1.165) is 12.2 Å². The van der Waals surface area contributed by atoms with Crippen LogP contribution in [0, 0.1) is 0 Å². The average Bonchev–Trinajstić information content (AvgIpc) is 2.57. The van der Waals surface area contributed by atoms with E-state index < -0.39 is 0 Å². The van der Waals surface area contributed by atoms with Crippen molar-refractivity contribution in [3.05, 3.63) is 65.7 Å². The highest BCUT2D eigenvalue weighted by Crippen LogP contribution is 2.15. The van der Waals surface area contributed by atoms with Crippen LogP contribution in [0.4, 0.5) is 4.79 Å². The van der Waals surface area contributed by atoms with E-state index >= 15 is 0 Å². The second kappa shape index (κ2) is 8.83. The van der Waals surface area contributed by atoms with E-state index in [2.05, 4.69) is 24.3 Å². The minimum atomic E-state index is -0.325. The summed E-state index contributed by atoms with van der Waals surface area (Å²) in [5.41, 5.74) is 2.53. The van der Waals surface area contributed by atoms with Crippen molar-refractivity contribution < 1.29 is 14.3 Å². The number of benzene rings is 2. The number of amides is 1. The minimum Gasteiger partial charge on any atom is -0.492 e. The van der Waals surface area contributed by atoms with Gasteiger partial charge in [-0.25, -0.2) is 4.79 Å². The maximum absolute atomic E-state index is 11.5. The molecule has 4 nitrogen and oxygen atoms in total. The summed E-state index contributed by atoms with van der Waals surface area (Å²) in [7, 11) is 1.70. The van der Waals surface area contributed by atoms with Gasteiger partial charge in [-0.3, -0.25) is 0 Å². The molecule has 0 fully saturated rings. The van der Waals surface area contributed by atoms with E-state index in [1.807, 2.05) is 30.3 Å². The summed E-state index contributed by atoms with van der Waals surface area (Å²) >= 11 is 0. The lowest BCUT2D eigenvalue weighted by molar-refractivity contribution is 0.110. The van der Waals surface area contributed by atoms with Crippen LogP contribution < -0.4 is 4.74 Å². The molecule has 2 rings (SSSR count). The Hall–Kier alpha value is -2.49. The molecule has 2 aromatic rings. The molecule has 0 aliphatic heterocycles. The molecule has 1 amide bonds. The van der Waals surface area contributed by atoms with E-state index in [1.165, 1.54) is 16.0 Å². The van der Waals surface area contributed by atoms with E-state index in [1.54, 1.807) is 14.0 Å². The van der Waals surface area contributed by atoms with Crippen LogP contribution >= 0.6 is 0 Å². The molecule has 0 aliphatic rings. The molecule has 0 bridgehead atoms. The Balaban J connectivity index is 1.78. The second-order valence-corrected chi connectivity index (χ2v) is 5.28. The van der Waals surface area contributed by atoms with Gasteiger partial charge in [-0.15, -0.1) is 0 Å². The maximum atomic E-state index is 11.5. The van der Waals surface area contributed by atoms with Gasteiger partial charge in [0.1, 0.15) is 12.4 Å². The highest BCUT2D eigenvalue weighted by atomic mass is 16.6. The number of hydrogen-bond acceptors (Lipinski definition) is 3. The molecule has 0 aliphatic carbocycles. The molecule has 0 spiro atoms. The summed E-state index contributed by atoms with van der Waals surface area (Å²) in [5.74, 6) is 0.805. The first-order valence-electron chi connectivity index (χ1n) is 7.82. The van der Waals surface area contributed by atoms with Crippen LogP contribution in [0.25, 0.3) is 0 Å². The Kier molecular flexibility index (Phi) is 6.48. The van der Waals surface area contributed by atoms with Crippen LogP contribution in [0.5, 0.6) is 5.75 Å². The molecule has 0 unspecified atom stereocenters. The summed E-state index contributed by atoms with van der Waals surface area (Å²) in [5, 5.41) is 0. The van der Waals surface area contributed by atoms with Crippen LogP contribution in [-0.2, 0) is 11.2 Å². The van der Waals surface area contributed by atoms with Crippen LogP contribution in [0.15, 0.2) is 54.6 Å². The van der Waals surface area contributed by atoms with Gasteiger partial charge in [0.25, 0.3) is 0 Å². The molecule has 0 saturated carbocycles. The number of likely N-dealkylation sites (N-methyl/N-ethyl adjacent to an activating group) is 1. The van der Waals surface area contributed by atoms with Crippen molar-refractivity contribution in [2.24, 2.45) is 0 Å². The van der Waals surface area contributed by atoms with Gasteiger partial charge < -0.3 is 14.4 Å². The maximum Gasteiger partial charge on any atom is 0.409 e. The fourth-order valence-corrected chi connectivity index (χ4v) is 2.16. The molecule has 0 radical (unpaired) electrons. The fourth-order valence-electron chi connectivity index (χ4n) is 2.16. The van der Waals surface area contributed by atoms with Crippen LogP contribution in [0.2, 0.25) is 0 Å². The molecule has 0 saturated heterocycles. The Morgan fingerprint density at radius 3 is 2.30 bits per heavy atom. The minimum absolute atomic E-state index is 0.325. The van der Waals surface area contributed by atoms with Crippen LogP contribution in [0.3, 0.4) is 0 Å². The number of nitrogens with zero attached hydrogens (tertiary/aromatic N) is 1. The zero-order valence-electron chi connectivity index (χ0n) is 13.7. The molecular formula is C19H23NO3. The Morgan fingerprint density at radius 1 is 1.00 bits per heavy atom. The quantitative estimate of drug-likeness (QED) is 0.781. The third-order valence-corrected chi connectivity index (χ3v) is 3.45. The standard InChI is InChI=1S/C19H23NO3/c1-3-22-19(21)20(2)13-14-23-18-11-9-17(10-12-18)15-16-7-5-4-6-8-16/h4-12H,3,13-15H2,1-2H3. The number of hydrogen-bond donors (Lipinski definition) is 0. The highest BCUT2D eigenvalue weighted by molar-refractivity contribution is 5.67. The zero-order valence-corrected chi connectivity index (χ0v) is 13.7. The molecular weight excluding hydrogens is 290 g/mol. The van der Waals surface area contributed by atoms with E-state index in [-0.39, 0.29) is 6.09 Å². The monoisotopic (exact) mass is 313 g/mol. The van der Waals surface area contributed by atoms with Gasteiger partial charge >= 0.3 is 6.09 Å². The first kappa shape index (κ1) is 16.9. The van der Waals surface area contributed by atoms with Crippen LogP contribution in [0.1, 0.15) is 18.1 Å². The highest BCUT2D eigenvalue weighted by Gasteiger charge is 2.08. The zero-order chi connectivity index (χ0) is 16.5. The van der Waals surface area contributed by atoms with Gasteiger partial charge in [0.15, 0.2) is 0 Å². The lowest BCUT2D eigenvalue weighted by Crippen LogP contribution is -2.31. The van der Waals surface area contributed by atoms with Crippen molar-refractivity contribution >= 4 is 6.09 Å². The lowest BCUT2D eigenvalue weighted by Gasteiger charge is -2.16. The molecule has 0 N–H and O–H groups in total. The predicted octanol–water partition coefficient (Wildman–Crippen LogP) is 3.74. The first-order chi connectivity index (χ1) is 11.2. The largest absolute Gasteiger partial charge is 0.492 e.